The summed E-state index contributed by atoms with van der Waals surface area (Å²) < 4.78 is 0. The van der Waals surface area contributed by atoms with E-state index < -0.39 is 0 Å². The number of aromatic nitrogens is 1. The van der Waals surface area contributed by atoms with Gasteiger partial charge in [-0.15, -0.1) is 0 Å². The largest absolute Gasteiger partial charge is 0.373 e. The summed E-state index contributed by atoms with van der Waals surface area (Å²) in [5.74, 6) is -0.136. The Hall–Kier alpha value is -2.88. The van der Waals surface area contributed by atoms with Gasteiger partial charge in [0.2, 0.25) is 0 Å². The highest BCUT2D eigenvalue weighted by Crippen LogP contribution is 2.16. The van der Waals surface area contributed by atoms with Crippen LogP contribution in [0.2, 0.25) is 0 Å². The fourth-order valence-electron chi connectivity index (χ4n) is 2.53. The van der Waals surface area contributed by atoms with Gasteiger partial charge in [-0.3, -0.25) is 9.78 Å². The van der Waals surface area contributed by atoms with Crippen LogP contribution in [0, 0.1) is 0 Å². The first-order valence-electron chi connectivity index (χ1n) is 7.64. The molecule has 1 amide bonds. The highest BCUT2D eigenvalue weighted by atomic mass is 16.1. The van der Waals surface area contributed by atoms with Crippen molar-refractivity contribution in [1.29, 1.82) is 0 Å². The van der Waals surface area contributed by atoms with Crippen LogP contribution in [0.25, 0.3) is 10.8 Å². The Kier molecular flexibility index (Phi) is 4.52. The second kappa shape index (κ2) is 6.92. The van der Waals surface area contributed by atoms with Gasteiger partial charge in [0.1, 0.15) is 5.69 Å². The summed E-state index contributed by atoms with van der Waals surface area (Å²) >= 11 is 0. The first kappa shape index (κ1) is 15.0. The molecule has 0 aliphatic rings. The third-order valence-electron chi connectivity index (χ3n) is 3.82. The zero-order chi connectivity index (χ0) is 16.1. The van der Waals surface area contributed by atoms with Gasteiger partial charge in [0.05, 0.1) is 0 Å². The van der Waals surface area contributed by atoms with Gasteiger partial charge in [-0.1, -0.05) is 42.5 Å². The molecular formula is C19H19N3O. The lowest BCUT2D eigenvalue weighted by Gasteiger charge is -2.19. The van der Waals surface area contributed by atoms with Crippen LogP contribution in [0.5, 0.6) is 0 Å². The number of carbonyl (C=O) groups is 1. The van der Waals surface area contributed by atoms with Gasteiger partial charge in [-0.25, -0.2) is 0 Å². The molecular weight excluding hydrogens is 286 g/mol. The number of para-hydroxylation sites is 1. The number of hydrogen-bond acceptors (Lipinski definition) is 3. The smallest absolute Gasteiger partial charge is 0.270 e. The van der Waals surface area contributed by atoms with Crippen molar-refractivity contribution in [2.45, 2.75) is 0 Å². The summed E-state index contributed by atoms with van der Waals surface area (Å²) in [7, 11) is 2.01. The van der Waals surface area contributed by atoms with Crippen LogP contribution in [-0.2, 0) is 0 Å². The quantitative estimate of drug-likeness (QED) is 0.788. The summed E-state index contributed by atoms with van der Waals surface area (Å²) in [6.45, 7) is 1.30. The zero-order valence-corrected chi connectivity index (χ0v) is 13.1. The number of rotatable bonds is 5. The molecule has 3 rings (SSSR count). The standard InChI is InChI=1S/C19H19N3O/c1-22(16-8-3-2-4-9-16)14-13-21-19(23)18-17-10-6-5-7-15(17)11-12-20-18/h2-12H,13-14H2,1H3,(H,21,23). The van der Waals surface area contributed by atoms with Crippen LogP contribution in [0.4, 0.5) is 5.69 Å². The number of benzene rings is 2. The van der Waals surface area contributed by atoms with E-state index in [-0.39, 0.29) is 5.91 Å². The van der Waals surface area contributed by atoms with Crippen molar-refractivity contribution in [1.82, 2.24) is 10.3 Å². The monoisotopic (exact) mass is 305 g/mol. The van der Waals surface area contributed by atoms with Gasteiger partial charge in [0.15, 0.2) is 0 Å². The summed E-state index contributed by atoms with van der Waals surface area (Å²) in [6.07, 6.45) is 1.67. The number of amides is 1. The molecule has 0 saturated carbocycles. The minimum absolute atomic E-state index is 0.136. The summed E-state index contributed by atoms with van der Waals surface area (Å²) in [5, 5.41) is 4.85. The van der Waals surface area contributed by atoms with Crippen molar-refractivity contribution >= 4 is 22.4 Å². The van der Waals surface area contributed by atoms with Crippen molar-refractivity contribution < 1.29 is 4.79 Å². The lowest BCUT2D eigenvalue weighted by atomic mass is 10.1. The van der Waals surface area contributed by atoms with Gasteiger partial charge in [0.25, 0.3) is 5.91 Å². The fourth-order valence-corrected chi connectivity index (χ4v) is 2.53. The molecule has 0 atom stereocenters. The summed E-state index contributed by atoms with van der Waals surface area (Å²) in [5.41, 5.74) is 1.61. The second-order valence-corrected chi connectivity index (χ2v) is 5.39. The number of hydrogen-bond donors (Lipinski definition) is 1. The average Bonchev–Trinajstić information content (AvgIpc) is 2.61. The van der Waals surface area contributed by atoms with E-state index in [4.69, 9.17) is 0 Å². The predicted molar refractivity (Wildman–Crippen MR) is 93.8 cm³/mol. The van der Waals surface area contributed by atoms with Crippen LogP contribution in [0.3, 0.4) is 0 Å². The Morgan fingerprint density at radius 2 is 1.78 bits per heavy atom. The number of carbonyl (C=O) groups excluding carboxylic acids is 1. The molecule has 23 heavy (non-hydrogen) atoms. The molecule has 4 nitrogen and oxygen atoms in total. The van der Waals surface area contributed by atoms with Gasteiger partial charge >= 0.3 is 0 Å². The van der Waals surface area contributed by atoms with Gasteiger partial charge < -0.3 is 10.2 Å². The number of likely N-dealkylation sites (N-methyl/N-ethyl adjacent to an activating group) is 1. The molecule has 3 aromatic rings. The van der Waals surface area contributed by atoms with Crippen molar-refractivity contribution in [3.63, 3.8) is 0 Å². The molecule has 1 heterocycles. The summed E-state index contributed by atoms with van der Waals surface area (Å²) in [6, 6.07) is 19.8. The molecule has 1 aromatic heterocycles. The molecule has 116 valence electrons. The minimum Gasteiger partial charge on any atom is -0.373 e. The normalized spacial score (nSPS) is 10.5. The molecule has 2 aromatic carbocycles. The number of nitrogens with one attached hydrogen (secondary N) is 1. The van der Waals surface area contributed by atoms with Gasteiger partial charge in [-0.05, 0) is 23.6 Å². The van der Waals surface area contributed by atoms with Crippen LogP contribution < -0.4 is 10.2 Å². The van der Waals surface area contributed by atoms with E-state index >= 15 is 0 Å². The highest BCUT2D eigenvalue weighted by molar-refractivity contribution is 6.05. The molecule has 0 spiro atoms. The molecule has 0 aliphatic carbocycles. The molecule has 0 aliphatic heterocycles. The molecule has 0 saturated heterocycles. The highest BCUT2D eigenvalue weighted by Gasteiger charge is 2.11. The Balaban J connectivity index is 1.63. The third kappa shape index (κ3) is 3.48. The van der Waals surface area contributed by atoms with Crippen LogP contribution >= 0.6 is 0 Å². The maximum Gasteiger partial charge on any atom is 0.270 e. The molecule has 0 fully saturated rings. The zero-order valence-electron chi connectivity index (χ0n) is 13.1. The minimum atomic E-state index is -0.136. The van der Waals surface area contributed by atoms with E-state index in [0.29, 0.717) is 12.2 Å². The first-order chi connectivity index (χ1) is 11.3. The molecule has 0 bridgehead atoms. The average molecular weight is 305 g/mol. The Morgan fingerprint density at radius 3 is 2.61 bits per heavy atom. The number of fused-ring (bicyclic) bond motifs is 1. The lowest BCUT2D eigenvalue weighted by Crippen LogP contribution is -2.33. The van der Waals surface area contributed by atoms with E-state index in [1.165, 1.54) is 0 Å². The molecule has 4 heteroatoms. The predicted octanol–water partition coefficient (Wildman–Crippen LogP) is 3.10. The Labute approximate surface area is 135 Å². The third-order valence-corrected chi connectivity index (χ3v) is 3.82. The Morgan fingerprint density at radius 1 is 1.04 bits per heavy atom. The second-order valence-electron chi connectivity index (χ2n) is 5.39. The van der Waals surface area contributed by atoms with E-state index in [1.807, 2.05) is 67.7 Å². The van der Waals surface area contributed by atoms with E-state index in [1.54, 1.807) is 6.20 Å². The topological polar surface area (TPSA) is 45.2 Å². The number of anilines is 1. The van der Waals surface area contributed by atoms with Crippen LogP contribution in [-0.4, -0.2) is 31.0 Å². The first-order valence-corrected chi connectivity index (χ1v) is 7.64. The van der Waals surface area contributed by atoms with Crippen molar-refractivity contribution in [2.24, 2.45) is 0 Å². The van der Waals surface area contributed by atoms with Crippen molar-refractivity contribution in [3.05, 3.63) is 72.6 Å². The molecule has 0 unspecified atom stereocenters. The fraction of sp³-hybridized carbons (Fsp3) is 0.158. The van der Waals surface area contributed by atoms with Crippen LogP contribution in [0.1, 0.15) is 10.5 Å². The van der Waals surface area contributed by atoms with Crippen molar-refractivity contribution in [3.8, 4) is 0 Å². The van der Waals surface area contributed by atoms with Crippen LogP contribution in [0.15, 0.2) is 66.9 Å². The van der Waals surface area contributed by atoms with E-state index in [0.717, 1.165) is 23.0 Å². The maximum absolute atomic E-state index is 12.4. The Bertz CT molecular complexity index is 797. The number of pyridine rings is 1. The lowest BCUT2D eigenvalue weighted by molar-refractivity contribution is 0.0951. The van der Waals surface area contributed by atoms with Gasteiger partial charge in [0, 0.05) is 37.4 Å². The number of nitrogens with zero attached hydrogens (tertiary/aromatic N) is 2. The molecule has 1 N–H and O–H groups in total. The van der Waals surface area contributed by atoms with E-state index in [9.17, 15) is 4.79 Å². The SMILES string of the molecule is CN(CCNC(=O)c1nccc2ccccc12)c1ccccc1. The van der Waals surface area contributed by atoms with Crippen molar-refractivity contribution in [2.75, 3.05) is 25.0 Å². The molecule has 0 radical (unpaired) electrons. The van der Waals surface area contributed by atoms with E-state index in [2.05, 4.69) is 15.2 Å². The maximum atomic E-state index is 12.4. The summed E-state index contributed by atoms with van der Waals surface area (Å²) in [4.78, 5) is 18.7. The van der Waals surface area contributed by atoms with Gasteiger partial charge in [-0.2, -0.15) is 0 Å².